The number of rotatable bonds is 5. The van der Waals surface area contributed by atoms with E-state index in [1.165, 1.54) is 0 Å². The number of amides is 1. The number of carbonyl (C=O) groups excluding carboxylic acids is 1. The minimum atomic E-state index is -0.739. The van der Waals surface area contributed by atoms with Crippen LogP contribution < -0.4 is 5.32 Å². The Morgan fingerprint density at radius 1 is 1.57 bits per heavy atom. The molecule has 1 aromatic rings. The number of carbonyl (C=O) groups is 2. The molecule has 1 aromatic heterocycles. The molecule has 116 valence electrons. The molecule has 0 saturated carbocycles. The Hall–Kier alpha value is -1.82. The van der Waals surface area contributed by atoms with Crippen molar-refractivity contribution in [3.63, 3.8) is 0 Å². The van der Waals surface area contributed by atoms with Gasteiger partial charge < -0.3 is 14.8 Å². The second-order valence-corrected chi connectivity index (χ2v) is 5.62. The number of hydrogen-bond donors (Lipinski definition) is 2. The van der Waals surface area contributed by atoms with E-state index in [9.17, 15) is 9.59 Å². The van der Waals surface area contributed by atoms with Crippen LogP contribution in [0.15, 0.2) is 22.8 Å². The standard InChI is InChI=1S/C15H22N2O4/c1-10-8-12(15(19)20)5-6-17(10)11(2)14(18)16-9-13-4-3-7-21-13/h3-4,7,10-12H,5-6,8-9H2,1-2H3,(H,16,18)(H,19,20). The Labute approximate surface area is 124 Å². The topological polar surface area (TPSA) is 82.8 Å². The molecule has 0 aromatic carbocycles. The lowest BCUT2D eigenvalue weighted by Gasteiger charge is -2.39. The molecule has 1 amide bonds. The number of hydrogen-bond acceptors (Lipinski definition) is 4. The number of aliphatic carboxylic acids is 1. The summed E-state index contributed by atoms with van der Waals surface area (Å²) in [7, 11) is 0. The molecule has 6 nitrogen and oxygen atoms in total. The number of piperidine rings is 1. The maximum absolute atomic E-state index is 12.2. The molecule has 0 aliphatic carbocycles. The van der Waals surface area contributed by atoms with Gasteiger partial charge in [0.1, 0.15) is 5.76 Å². The van der Waals surface area contributed by atoms with E-state index in [0.29, 0.717) is 31.7 Å². The average Bonchev–Trinajstić information content (AvgIpc) is 2.97. The van der Waals surface area contributed by atoms with Crippen molar-refractivity contribution in [3.05, 3.63) is 24.2 Å². The van der Waals surface area contributed by atoms with E-state index < -0.39 is 5.97 Å². The van der Waals surface area contributed by atoms with Gasteiger partial charge in [0.15, 0.2) is 0 Å². The smallest absolute Gasteiger partial charge is 0.306 e. The van der Waals surface area contributed by atoms with Crippen LogP contribution in [0.2, 0.25) is 0 Å². The third kappa shape index (κ3) is 3.85. The first-order valence-corrected chi connectivity index (χ1v) is 7.27. The lowest BCUT2D eigenvalue weighted by Crippen LogP contribution is -2.52. The van der Waals surface area contributed by atoms with Gasteiger partial charge >= 0.3 is 5.97 Å². The zero-order chi connectivity index (χ0) is 15.4. The Morgan fingerprint density at radius 3 is 2.90 bits per heavy atom. The van der Waals surface area contributed by atoms with Crippen LogP contribution in [0, 0.1) is 5.92 Å². The summed E-state index contributed by atoms with van der Waals surface area (Å²) in [6, 6.07) is 3.41. The van der Waals surface area contributed by atoms with Gasteiger partial charge in [0.05, 0.1) is 24.8 Å². The highest BCUT2D eigenvalue weighted by Crippen LogP contribution is 2.24. The molecule has 1 aliphatic rings. The maximum Gasteiger partial charge on any atom is 0.306 e. The molecule has 0 radical (unpaired) electrons. The fraction of sp³-hybridized carbons (Fsp3) is 0.600. The van der Waals surface area contributed by atoms with Gasteiger partial charge in [0, 0.05) is 12.6 Å². The maximum atomic E-state index is 12.2. The van der Waals surface area contributed by atoms with E-state index >= 15 is 0 Å². The van der Waals surface area contributed by atoms with Gasteiger partial charge in [0.25, 0.3) is 0 Å². The van der Waals surface area contributed by atoms with Crippen LogP contribution in [0.25, 0.3) is 0 Å². The van der Waals surface area contributed by atoms with Crippen molar-refractivity contribution < 1.29 is 19.1 Å². The zero-order valence-corrected chi connectivity index (χ0v) is 12.4. The quantitative estimate of drug-likeness (QED) is 0.859. The van der Waals surface area contributed by atoms with Crippen molar-refractivity contribution in [2.45, 2.75) is 45.3 Å². The lowest BCUT2D eigenvalue weighted by atomic mass is 9.90. The molecule has 6 heteroatoms. The monoisotopic (exact) mass is 294 g/mol. The van der Waals surface area contributed by atoms with Gasteiger partial charge in [-0.3, -0.25) is 14.5 Å². The van der Waals surface area contributed by atoms with Gasteiger partial charge in [-0.2, -0.15) is 0 Å². The van der Waals surface area contributed by atoms with Crippen LogP contribution >= 0.6 is 0 Å². The van der Waals surface area contributed by atoms with Gasteiger partial charge in [0.2, 0.25) is 5.91 Å². The first-order chi connectivity index (χ1) is 9.99. The van der Waals surface area contributed by atoms with E-state index in [2.05, 4.69) is 10.2 Å². The largest absolute Gasteiger partial charge is 0.481 e. The van der Waals surface area contributed by atoms with E-state index in [-0.39, 0.29) is 23.9 Å². The third-order valence-corrected chi connectivity index (χ3v) is 4.17. The lowest BCUT2D eigenvalue weighted by molar-refractivity contribution is -0.144. The minimum absolute atomic E-state index is 0.0629. The first-order valence-electron chi connectivity index (χ1n) is 7.27. The molecule has 2 rings (SSSR count). The highest BCUT2D eigenvalue weighted by atomic mass is 16.4. The number of nitrogens with zero attached hydrogens (tertiary/aromatic N) is 1. The van der Waals surface area contributed by atoms with E-state index in [1.54, 1.807) is 12.3 Å². The SMILES string of the molecule is CC1CC(C(=O)O)CCN1C(C)C(=O)NCc1ccco1. The summed E-state index contributed by atoms with van der Waals surface area (Å²) in [6.45, 7) is 4.84. The number of carboxylic acids is 1. The molecule has 1 fully saturated rings. The Balaban J connectivity index is 1.86. The number of furan rings is 1. The Kier molecular flexibility index (Phi) is 5.01. The van der Waals surface area contributed by atoms with Crippen molar-refractivity contribution in [2.75, 3.05) is 6.54 Å². The van der Waals surface area contributed by atoms with E-state index in [4.69, 9.17) is 9.52 Å². The molecular weight excluding hydrogens is 272 g/mol. The van der Waals surface area contributed by atoms with Crippen LogP contribution in [0.5, 0.6) is 0 Å². The summed E-state index contributed by atoms with van der Waals surface area (Å²) in [5.41, 5.74) is 0. The highest BCUT2D eigenvalue weighted by molar-refractivity contribution is 5.81. The summed E-state index contributed by atoms with van der Waals surface area (Å²) in [5.74, 6) is -0.383. The van der Waals surface area contributed by atoms with Crippen molar-refractivity contribution in [3.8, 4) is 0 Å². The molecule has 1 aliphatic heterocycles. The number of carboxylic acid groups (broad SMARTS) is 1. The molecule has 3 atom stereocenters. The summed E-state index contributed by atoms with van der Waals surface area (Å²) in [5, 5.41) is 11.9. The van der Waals surface area contributed by atoms with Gasteiger partial charge in [-0.05, 0) is 38.8 Å². The van der Waals surface area contributed by atoms with E-state index in [1.807, 2.05) is 19.9 Å². The summed E-state index contributed by atoms with van der Waals surface area (Å²) in [4.78, 5) is 25.3. The molecule has 0 spiro atoms. The van der Waals surface area contributed by atoms with E-state index in [0.717, 1.165) is 0 Å². The van der Waals surface area contributed by atoms with Crippen LogP contribution in [-0.4, -0.2) is 40.5 Å². The Bertz CT molecular complexity index is 486. The van der Waals surface area contributed by atoms with Crippen molar-refractivity contribution in [1.82, 2.24) is 10.2 Å². The van der Waals surface area contributed by atoms with Crippen molar-refractivity contribution in [2.24, 2.45) is 5.92 Å². The summed E-state index contributed by atoms with van der Waals surface area (Å²) < 4.78 is 5.18. The second kappa shape index (κ2) is 6.76. The number of likely N-dealkylation sites (tertiary alicyclic amines) is 1. The number of nitrogens with one attached hydrogen (secondary N) is 1. The van der Waals surface area contributed by atoms with Crippen molar-refractivity contribution >= 4 is 11.9 Å². The molecule has 3 unspecified atom stereocenters. The molecule has 21 heavy (non-hydrogen) atoms. The molecular formula is C15H22N2O4. The van der Waals surface area contributed by atoms with Gasteiger partial charge in [-0.25, -0.2) is 0 Å². The Morgan fingerprint density at radius 2 is 2.33 bits per heavy atom. The van der Waals surface area contributed by atoms with Crippen LogP contribution in [-0.2, 0) is 16.1 Å². The minimum Gasteiger partial charge on any atom is -0.481 e. The fourth-order valence-electron chi connectivity index (χ4n) is 2.88. The second-order valence-electron chi connectivity index (χ2n) is 5.62. The van der Waals surface area contributed by atoms with Crippen LogP contribution in [0.4, 0.5) is 0 Å². The van der Waals surface area contributed by atoms with Crippen LogP contribution in [0.1, 0.15) is 32.4 Å². The summed E-state index contributed by atoms with van der Waals surface area (Å²) >= 11 is 0. The van der Waals surface area contributed by atoms with Crippen molar-refractivity contribution in [1.29, 1.82) is 0 Å². The summed E-state index contributed by atoms with van der Waals surface area (Å²) in [6.07, 6.45) is 2.75. The average molecular weight is 294 g/mol. The predicted octanol–water partition coefficient (Wildman–Crippen LogP) is 1.47. The van der Waals surface area contributed by atoms with Gasteiger partial charge in [-0.1, -0.05) is 0 Å². The molecule has 1 saturated heterocycles. The predicted molar refractivity (Wildman–Crippen MR) is 76.5 cm³/mol. The zero-order valence-electron chi connectivity index (χ0n) is 12.4. The molecule has 2 heterocycles. The fourth-order valence-corrected chi connectivity index (χ4v) is 2.88. The van der Waals surface area contributed by atoms with Crippen LogP contribution in [0.3, 0.4) is 0 Å². The molecule has 2 N–H and O–H groups in total. The molecule has 0 bridgehead atoms. The first kappa shape index (κ1) is 15.6. The third-order valence-electron chi connectivity index (χ3n) is 4.17. The van der Waals surface area contributed by atoms with Gasteiger partial charge in [-0.15, -0.1) is 0 Å². The highest BCUT2D eigenvalue weighted by Gasteiger charge is 2.34. The normalized spacial score (nSPS) is 24.5.